The average Bonchev–Trinajstić information content (AvgIpc) is 3.25. The van der Waals surface area contributed by atoms with E-state index < -0.39 is 0 Å². The van der Waals surface area contributed by atoms with Gasteiger partial charge in [-0.25, -0.2) is 9.67 Å². The monoisotopic (exact) mass is 430 g/mol. The number of hydrogen-bond donors (Lipinski definition) is 1. The zero-order chi connectivity index (χ0) is 21.5. The first-order valence-corrected chi connectivity index (χ1v) is 10.9. The molecule has 156 valence electrons. The number of para-hydroxylation sites is 1. The van der Waals surface area contributed by atoms with E-state index in [2.05, 4.69) is 15.4 Å². The van der Waals surface area contributed by atoms with Crippen LogP contribution in [0.15, 0.2) is 90.1 Å². The quantitative estimate of drug-likeness (QED) is 0.396. The average molecular weight is 431 g/mol. The van der Waals surface area contributed by atoms with Crippen LogP contribution >= 0.6 is 11.8 Å². The Balaban J connectivity index is 1.47. The number of nitrogens with zero attached hydrogens (tertiary/aromatic N) is 3. The van der Waals surface area contributed by atoms with Gasteiger partial charge in [0.2, 0.25) is 11.1 Å². The van der Waals surface area contributed by atoms with Crippen molar-refractivity contribution >= 4 is 23.4 Å². The molecule has 0 aliphatic carbocycles. The highest BCUT2D eigenvalue weighted by atomic mass is 32.2. The van der Waals surface area contributed by atoms with E-state index in [9.17, 15) is 4.79 Å². The fraction of sp³-hybridized carbons (Fsp3) is 0.125. The van der Waals surface area contributed by atoms with Crippen LogP contribution in [-0.2, 0) is 4.79 Å². The van der Waals surface area contributed by atoms with E-state index in [4.69, 9.17) is 4.74 Å². The first kappa shape index (κ1) is 20.7. The minimum absolute atomic E-state index is 0.119. The van der Waals surface area contributed by atoms with Gasteiger partial charge in [-0.2, -0.15) is 0 Å². The zero-order valence-electron chi connectivity index (χ0n) is 17.1. The largest absolute Gasteiger partial charge is 0.494 e. The van der Waals surface area contributed by atoms with Gasteiger partial charge in [0.25, 0.3) is 0 Å². The molecule has 1 heterocycles. The lowest BCUT2D eigenvalue weighted by Crippen LogP contribution is -2.14. The van der Waals surface area contributed by atoms with Crippen LogP contribution in [0.4, 0.5) is 5.69 Å². The predicted molar refractivity (Wildman–Crippen MR) is 124 cm³/mol. The highest BCUT2D eigenvalue weighted by Gasteiger charge is 2.15. The van der Waals surface area contributed by atoms with Gasteiger partial charge in [0.15, 0.2) is 5.82 Å². The second-order valence-corrected chi connectivity index (χ2v) is 7.57. The number of nitrogens with one attached hydrogen (secondary N) is 1. The van der Waals surface area contributed by atoms with Crippen molar-refractivity contribution in [2.24, 2.45) is 0 Å². The van der Waals surface area contributed by atoms with E-state index in [1.54, 1.807) is 0 Å². The lowest BCUT2D eigenvalue weighted by atomic mass is 10.2. The van der Waals surface area contributed by atoms with Crippen LogP contribution in [0.5, 0.6) is 5.75 Å². The number of thioether (sulfide) groups is 1. The SMILES string of the molecule is CCOc1ccc(NC(=O)CSc2nc(-c3ccccc3)n(-c3ccccc3)n2)cc1. The number of anilines is 1. The molecule has 3 aromatic carbocycles. The van der Waals surface area contributed by atoms with E-state index in [1.807, 2.05) is 96.5 Å². The molecule has 6 nitrogen and oxygen atoms in total. The number of carbonyl (C=O) groups is 1. The van der Waals surface area contributed by atoms with E-state index in [0.29, 0.717) is 11.8 Å². The third kappa shape index (κ3) is 5.32. The molecule has 4 aromatic rings. The van der Waals surface area contributed by atoms with Gasteiger partial charge in [-0.3, -0.25) is 4.79 Å². The first-order valence-electron chi connectivity index (χ1n) is 9.96. The van der Waals surface area contributed by atoms with Crippen LogP contribution in [0, 0.1) is 0 Å². The molecule has 31 heavy (non-hydrogen) atoms. The fourth-order valence-electron chi connectivity index (χ4n) is 3.01. The lowest BCUT2D eigenvalue weighted by molar-refractivity contribution is -0.113. The molecule has 0 saturated carbocycles. The summed E-state index contributed by atoms with van der Waals surface area (Å²) in [5.41, 5.74) is 2.60. The predicted octanol–water partition coefficient (Wildman–Crippen LogP) is 5.06. The maximum absolute atomic E-state index is 12.4. The van der Waals surface area contributed by atoms with Gasteiger partial charge < -0.3 is 10.1 Å². The van der Waals surface area contributed by atoms with Crippen molar-refractivity contribution in [1.82, 2.24) is 14.8 Å². The third-order valence-electron chi connectivity index (χ3n) is 4.40. The van der Waals surface area contributed by atoms with Gasteiger partial charge in [0, 0.05) is 11.3 Å². The highest BCUT2D eigenvalue weighted by Crippen LogP contribution is 2.25. The van der Waals surface area contributed by atoms with Gasteiger partial charge in [-0.1, -0.05) is 60.3 Å². The molecule has 1 amide bonds. The van der Waals surface area contributed by atoms with Crippen LogP contribution in [0.2, 0.25) is 0 Å². The maximum atomic E-state index is 12.4. The molecule has 0 atom stereocenters. The number of hydrogen-bond acceptors (Lipinski definition) is 5. The topological polar surface area (TPSA) is 69.0 Å². The summed E-state index contributed by atoms with van der Waals surface area (Å²) in [5, 5.41) is 8.07. The van der Waals surface area contributed by atoms with E-state index in [1.165, 1.54) is 11.8 Å². The molecule has 0 aliphatic rings. The van der Waals surface area contributed by atoms with E-state index in [-0.39, 0.29) is 11.7 Å². The van der Waals surface area contributed by atoms with E-state index >= 15 is 0 Å². The Morgan fingerprint density at radius 3 is 2.32 bits per heavy atom. The minimum atomic E-state index is -0.119. The van der Waals surface area contributed by atoms with Crippen LogP contribution in [-0.4, -0.2) is 33.0 Å². The third-order valence-corrected chi connectivity index (χ3v) is 5.24. The molecule has 0 saturated heterocycles. The number of carbonyl (C=O) groups excluding carboxylic acids is 1. The number of ether oxygens (including phenoxy) is 1. The van der Waals surface area contributed by atoms with Crippen molar-refractivity contribution < 1.29 is 9.53 Å². The summed E-state index contributed by atoms with van der Waals surface area (Å²) >= 11 is 1.30. The molecule has 0 spiro atoms. The maximum Gasteiger partial charge on any atom is 0.234 e. The molecule has 1 N–H and O–H groups in total. The molecule has 1 aromatic heterocycles. The zero-order valence-corrected chi connectivity index (χ0v) is 17.9. The van der Waals surface area contributed by atoms with Gasteiger partial charge >= 0.3 is 0 Å². The standard InChI is InChI=1S/C24H22N4O2S/c1-2-30-21-15-13-19(14-16-21)25-22(29)17-31-24-26-23(18-9-5-3-6-10-18)28(27-24)20-11-7-4-8-12-20/h3-16H,2,17H2,1H3,(H,25,29). The molecular formula is C24H22N4O2S. The van der Waals surface area contributed by atoms with Crippen LogP contribution < -0.4 is 10.1 Å². The second-order valence-electron chi connectivity index (χ2n) is 6.63. The molecule has 0 fully saturated rings. The summed E-state index contributed by atoms with van der Waals surface area (Å²) in [6.07, 6.45) is 0. The Labute approximate surface area is 185 Å². The van der Waals surface area contributed by atoms with E-state index in [0.717, 1.165) is 28.5 Å². The van der Waals surface area contributed by atoms with Crippen molar-refractivity contribution in [3.05, 3.63) is 84.9 Å². The minimum Gasteiger partial charge on any atom is -0.494 e. The number of benzene rings is 3. The smallest absolute Gasteiger partial charge is 0.234 e. The highest BCUT2D eigenvalue weighted by molar-refractivity contribution is 7.99. The number of amides is 1. The van der Waals surface area contributed by atoms with Crippen LogP contribution in [0.1, 0.15) is 6.92 Å². The van der Waals surface area contributed by atoms with Crippen molar-refractivity contribution in [1.29, 1.82) is 0 Å². The molecule has 0 radical (unpaired) electrons. The molecule has 4 rings (SSSR count). The molecule has 7 heteroatoms. The van der Waals surface area contributed by atoms with Crippen molar-refractivity contribution in [3.63, 3.8) is 0 Å². The van der Waals surface area contributed by atoms with Crippen molar-refractivity contribution in [2.45, 2.75) is 12.1 Å². The summed E-state index contributed by atoms with van der Waals surface area (Å²) in [6, 6.07) is 27.1. The van der Waals surface area contributed by atoms with Gasteiger partial charge in [0.05, 0.1) is 18.0 Å². The summed E-state index contributed by atoms with van der Waals surface area (Å²) < 4.78 is 7.23. The van der Waals surface area contributed by atoms with Crippen LogP contribution in [0.3, 0.4) is 0 Å². The first-order chi connectivity index (χ1) is 15.2. The van der Waals surface area contributed by atoms with Gasteiger partial charge in [0.1, 0.15) is 5.75 Å². The Kier molecular flexibility index (Phi) is 6.64. The Morgan fingerprint density at radius 2 is 1.65 bits per heavy atom. The summed E-state index contributed by atoms with van der Waals surface area (Å²) in [4.78, 5) is 17.1. The van der Waals surface area contributed by atoms with Crippen molar-refractivity contribution in [3.8, 4) is 22.8 Å². The summed E-state index contributed by atoms with van der Waals surface area (Å²) in [5.74, 6) is 1.60. The van der Waals surface area contributed by atoms with Crippen molar-refractivity contribution in [2.75, 3.05) is 17.7 Å². The molecule has 0 bridgehead atoms. The van der Waals surface area contributed by atoms with Gasteiger partial charge in [-0.05, 0) is 43.3 Å². The molecule has 0 aliphatic heterocycles. The van der Waals surface area contributed by atoms with Gasteiger partial charge in [-0.15, -0.1) is 5.10 Å². The summed E-state index contributed by atoms with van der Waals surface area (Å²) in [6.45, 7) is 2.54. The normalized spacial score (nSPS) is 10.6. The second kappa shape index (κ2) is 9.95. The lowest BCUT2D eigenvalue weighted by Gasteiger charge is -2.06. The Bertz CT molecular complexity index is 1070. The number of aromatic nitrogens is 3. The van der Waals surface area contributed by atoms with Crippen LogP contribution in [0.25, 0.3) is 17.1 Å². The Hall–Kier alpha value is -3.58. The fourth-order valence-corrected chi connectivity index (χ4v) is 3.63. The summed E-state index contributed by atoms with van der Waals surface area (Å²) in [7, 11) is 0. The Morgan fingerprint density at radius 1 is 0.968 bits per heavy atom. The molecular weight excluding hydrogens is 408 g/mol. The molecule has 0 unspecified atom stereocenters. The number of rotatable bonds is 8.